The van der Waals surface area contributed by atoms with Crippen molar-refractivity contribution in [3.05, 3.63) is 58.5 Å². The van der Waals surface area contributed by atoms with Gasteiger partial charge in [0, 0.05) is 47.2 Å². The quantitative estimate of drug-likeness (QED) is 0.427. The van der Waals surface area contributed by atoms with E-state index in [4.69, 9.17) is 21.1 Å². The summed E-state index contributed by atoms with van der Waals surface area (Å²) in [6.45, 7) is 6.51. The molecule has 0 bridgehead atoms. The molecule has 2 atom stereocenters. The van der Waals surface area contributed by atoms with Gasteiger partial charge in [0.15, 0.2) is 0 Å². The summed E-state index contributed by atoms with van der Waals surface area (Å²) in [5, 5.41) is 10.6. The number of carbonyl (C=O) groups is 1. The number of halogens is 1. The van der Waals surface area contributed by atoms with Gasteiger partial charge in [-0.1, -0.05) is 17.7 Å². The van der Waals surface area contributed by atoms with E-state index in [-0.39, 0.29) is 18.0 Å². The molecule has 178 valence electrons. The number of aromatic nitrogens is 2. The van der Waals surface area contributed by atoms with Crippen LogP contribution in [0.5, 0.6) is 5.75 Å². The number of ether oxygens (including phenoxy) is 2. The molecule has 8 nitrogen and oxygen atoms in total. The predicted molar refractivity (Wildman–Crippen MR) is 132 cm³/mol. The molecular weight excluding hydrogens is 454 g/mol. The van der Waals surface area contributed by atoms with Crippen LogP contribution in [0.15, 0.2) is 36.7 Å². The van der Waals surface area contributed by atoms with Gasteiger partial charge in [-0.2, -0.15) is 0 Å². The van der Waals surface area contributed by atoms with Crippen LogP contribution < -0.4 is 20.7 Å². The van der Waals surface area contributed by atoms with Crippen LogP contribution in [0.4, 0.5) is 11.4 Å². The van der Waals surface area contributed by atoms with Gasteiger partial charge < -0.3 is 30.4 Å². The molecule has 3 aromatic rings. The molecule has 0 spiro atoms. The minimum Gasteiger partial charge on any atom is -0.490 e. The number of nitrogens with one attached hydrogen (secondary N) is 4. The third-order valence-electron chi connectivity index (χ3n) is 6.21. The van der Waals surface area contributed by atoms with Gasteiger partial charge in [-0.05, 0) is 37.6 Å². The molecule has 1 aromatic carbocycles. The normalized spacial score (nSPS) is 19.9. The Labute approximate surface area is 203 Å². The van der Waals surface area contributed by atoms with E-state index < -0.39 is 0 Å². The van der Waals surface area contributed by atoms with Crippen LogP contribution in [-0.4, -0.2) is 54.3 Å². The molecule has 2 aliphatic heterocycles. The summed E-state index contributed by atoms with van der Waals surface area (Å²) in [4.78, 5) is 20.8. The van der Waals surface area contributed by atoms with Gasteiger partial charge in [0.05, 0.1) is 42.4 Å². The first-order chi connectivity index (χ1) is 16.5. The molecule has 2 aromatic heterocycles. The molecule has 4 heterocycles. The number of amides is 1. The predicted octanol–water partition coefficient (Wildman–Crippen LogP) is 3.82. The van der Waals surface area contributed by atoms with E-state index in [0.717, 1.165) is 34.7 Å². The van der Waals surface area contributed by atoms with E-state index in [0.29, 0.717) is 48.3 Å². The van der Waals surface area contributed by atoms with Gasteiger partial charge in [0.25, 0.3) is 5.91 Å². The first-order valence-electron chi connectivity index (χ1n) is 11.5. The summed E-state index contributed by atoms with van der Waals surface area (Å²) < 4.78 is 11.7. The summed E-state index contributed by atoms with van der Waals surface area (Å²) in [6, 6.07) is 7.73. The van der Waals surface area contributed by atoms with Crippen molar-refractivity contribution in [1.82, 2.24) is 20.6 Å². The Morgan fingerprint density at radius 2 is 2.21 bits per heavy atom. The summed E-state index contributed by atoms with van der Waals surface area (Å²) in [7, 11) is 0. The third kappa shape index (κ3) is 4.49. The van der Waals surface area contributed by atoms with Crippen molar-refractivity contribution in [2.45, 2.75) is 32.4 Å². The molecular formula is C25H28ClN5O3. The van der Waals surface area contributed by atoms with Gasteiger partial charge in [0.1, 0.15) is 12.4 Å². The molecule has 0 aliphatic carbocycles. The monoisotopic (exact) mass is 481 g/mol. The van der Waals surface area contributed by atoms with Crippen LogP contribution in [0, 0.1) is 6.92 Å². The van der Waals surface area contributed by atoms with Crippen LogP contribution in [0.1, 0.15) is 28.5 Å². The van der Waals surface area contributed by atoms with Gasteiger partial charge in [0.2, 0.25) is 0 Å². The van der Waals surface area contributed by atoms with Crippen molar-refractivity contribution in [2.24, 2.45) is 0 Å². The lowest BCUT2D eigenvalue weighted by Gasteiger charge is -2.24. The third-order valence-corrected chi connectivity index (χ3v) is 6.62. The Hall–Kier alpha value is -3.07. The van der Waals surface area contributed by atoms with Crippen LogP contribution in [0.3, 0.4) is 0 Å². The molecule has 2 aliphatic rings. The van der Waals surface area contributed by atoms with Crippen molar-refractivity contribution in [3.63, 3.8) is 0 Å². The number of morpholine rings is 1. The number of hydrogen-bond acceptors (Lipinski definition) is 6. The smallest absolute Gasteiger partial charge is 0.255 e. The molecule has 34 heavy (non-hydrogen) atoms. The lowest BCUT2D eigenvalue weighted by atomic mass is 10.0. The van der Waals surface area contributed by atoms with Crippen LogP contribution in [0.2, 0.25) is 5.02 Å². The lowest BCUT2D eigenvalue weighted by Crippen LogP contribution is -2.44. The highest BCUT2D eigenvalue weighted by molar-refractivity contribution is 6.31. The molecule has 1 saturated heterocycles. The van der Waals surface area contributed by atoms with Gasteiger partial charge in [-0.25, -0.2) is 0 Å². The Morgan fingerprint density at radius 3 is 3.03 bits per heavy atom. The second-order valence-corrected chi connectivity index (χ2v) is 9.16. The van der Waals surface area contributed by atoms with Gasteiger partial charge in [-0.3, -0.25) is 9.78 Å². The number of anilines is 2. The maximum absolute atomic E-state index is 13.1. The van der Waals surface area contributed by atoms with Crippen molar-refractivity contribution in [1.29, 1.82) is 0 Å². The van der Waals surface area contributed by atoms with E-state index in [2.05, 4.69) is 25.9 Å². The Morgan fingerprint density at radius 1 is 1.32 bits per heavy atom. The Bertz CT molecular complexity index is 1210. The fourth-order valence-corrected chi connectivity index (χ4v) is 4.61. The second-order valence-electron chi connectivity index (χ2n) is 8.75. The lowest BCUT2D eigenvalue weighted by molar-refractivity contribution is 0.0593. The van der Waals surface area contributed by atoms with E-state index in [1.54, 1.807) is 12.4 Å². The van der Waals surface area contributed by atoms with Crippen LogP contribution in [0.25, 0.3) is 11.3 Å². The SMILES string of the molecule is Cc1c(Cl)cccc1Nc1c(-c2ccncc2OC[C@@H]2COCCN2)[nH]c2c1C(=O)NC(C)C2. The largest absolute Gasteiger partial charge is 0.490 e. The fraction of sp³-hybridized carbons (Fsp3) is 0.360. The molecule has 0 radical (unpaired) electrons. The first-order valence-corrected chi connectivity index (χ1v) is 11.8. The molecule has 4 N–H and O–H groups in total. The van der Waals surface area contributed by atoms with E-state index in [1.165, 1.54) is 0 Å². The molecule has 1 fully saturated rings. The highest BCUT2D eigenvalue weighted by Crippen LogP contribution is 2.41. The topological polar surface area (TPSA) is 100 Å². The van der Waals surface area contributed by atoms with Crippen LogP contribution in [-0.2, 0) is 11.2 Å². The van der Waals surface area contributed by atoms with Crippen molar-refractivity contribution >= 4 is 28.9 Å². The highest BCUT2D eigenvalue weighted by Gasteiger charge is 2.31. The Kier molecular flexibility index (Phi) is 6.45. The summed E-state index contributed by atoms with van der Waals surface area (Å²) in [6.07, 6.45) is 4.13. The number of benzene rings is 1. The van der Waals surface area contributed by atoms with Crippen molar-refractivity contribution < 1.29 is 14.3 Å². The number of pyridine rings is 1. The van der Waals surface area contributed by atoms with Crippen LogP contribution >= 0.6 is 11.6 Å². The van der Waals surface area contributed by atoms with Gasteiger partial charge >= 0.3 is 0 Å². The minimum absolute atomic E-state index is 0.0396. The molecule has 1 amide bonds. The summed E-state index contributed by atoms with van der Waals surface area (Å²) in [5.41, 5.74) is 5.53. The molecule has 0 saturated carbocycles. The maximum atomic E-state index is 13.1. The maximum Gasteiger partial charge on any atom is 0.255 e. The molecule has 1 unspecified atom stereocenters. The first kappa shape index (κ1) is 22.7. The number of carbonyl (C=O) groups excluding carboxylic acids is 1. The van der Waals surface area contributed by atoms with E-state index in [9.17, 15) is 4.79 Å². The zero-order valence-electron chi connectivity index (χ0n) is 19.2. The number of fused-ring (bicyclic) bond motifs is 1. The standard InChI is InChI=1S/C25H28ClN5O3/c1-14-10-20-22(25(32)29-14)24(30-19-5-3-4-18(26)15(19)2)23(31-20)17-6-7-27-11-21(17)34-13-16-12-33-9-8-28-16/h3-7,11,14,16,28,30-31H,8-10,12-13H2,1-2H3,(H,29,32)/t14?,16-/m0/s1. The molecule has 9 heteroatoms. The Balaban J connectivity index is 1.56. The number of H-pyrrole nitrogens is 1. The fourth-order valence-electron chi connectivity index (χ4n) is 4.43. The second kappa shape index (κ2) is 9.66. The average molecular weight is 482 g/mol. The highest BCUT2D eigenvalue weighted by atomic mass is 35.5. The number of hydrogen-bond donors (Lipinski definition) is 4. The van der Waals surface area contributed by atoms with Crippen molar-refractivity contribution in [2.75, 3.05) is 31.7 Å². The molecule has 5 rings (SSSR count). The van der Waals surface area contributed by atoms with Gasteiger partial charge in [-0.15, -0.1) is 0 Å². The summed E-state index contributed by atoms with van der Waals surface area (Å²) in [5.74, 6) is 0.520. The number of nitrogens with zero attached hydrogens (tertiary/aromatic N) is 1. The minimum atomic E-state index is -0.112. The number of rotatable bonds is 6. The van der Waals surface area contributed by atoms with E-state index in [1.807, 2.05) is 38.1 Å². The van der Waals surface area contributed by atoms with Crippen molar-refractivity contribution in [3.8, 4) is 17.0 Å². The van der Waals surface area contributed by atoms with E-state index >= 15 is 0 Å². The summed E-state index contributed by atoms with van der Waals surface area (Å²) >= 11 is 6.37. The zero-order chi connectivity index (χ0) is 23.7. The zero-order valence-corrected chi connectivity index (χ0v) is 20.0. The average Bonchev–Trinajstić information content (AvgIpc) is 3.19. The number of aromatic amines is 1.